The molecule has 0 saturated heterocycles. The van der Waals surface area contributed by atoms with Gasteiger partial charge in [-0.2, -0.15) is 0 Å². The summed E-state index contributed by atoms with van der Waals surface area (Å²) in [5, 5.41) is 2.36. The summed E-state index contributed by atoms with van der Waals surface area (Å²) in [6.07, 6.45) is 3.06. The lowest BCUT2D eigenvalue weighted by molar-refractivity contribution is -0.134. The number of esters is 1. The van der Waals surface area contributed by atoms with Crippen molar-refractivity contribution >= 4 is 45.4 Å². The second-order valence-corrected chi connectivity index (χ2v) is 6.98. The molecule has 3 aromatic rings. The number of halogens is 1. The second kappa shape index (κ2) is 8.90. The Morgan fingerprint density at radius 2 is 1.85 bits per heavy atom. The number of ether oxygens (including phenoxy) is 3. The molecule has 0 atom stereocenters. The molecule has 0 radical (unpaired) electrons. The standard InChI is InChI=1S/C22H19IO4/c1-25-20-13-15(10-11-21(24)26-2)12-19(23)22(20)27-14-17-8-5-7-16-6-3-4-9-18(16)17/h3-13H,14H2,1-2H3/b11-10+. The van der Waals surface area contributed by atoms with E-state index in [1.165, 1.54) is 24.0 Å². The molecule has 0 fully saturated rings. The van der Waals surface area contributed by atoms with Crippen LogP contribution >= 0.6 is 22.6 Å². The first-order chi connectivity index (χ1) is 13.1. The highest BCUT2D eigenvalue weighted by atomic mass is 127. The van der Waals surface area contributed by atoms with Crippen LogP contribution in [-0.4, -0.2) is 20.2 Å². The topological polar surface area (TPSA) is 44.8 Å². The van der Waals surface area contributed by atoms with Gasteiger partial charge < -0.3 is 14.2 Å². The molecule has 0 heterocycles. The lowest BCUT2D eigenvalue weighted by Crippen LogP contribution is -2.01. The van der Waals surface area contributed by atoms with Crippen LogP contribution in [0.1, 0.15) is 11.1 Å². The van der Waals surface area contributed by atoms with Crippen molar-refractivity contribution < 1.29 is 19.0 Å². The maximum absolute atomic E-state index is 11.3. The smallest absolute Gasteiger partial charge is 0.330 e. The Kier molecular flexibility index (Phi) is 6.34. The van der Waals surface area contributed by atoms with Gasteiger partial charge in [0.05, 0.1) is 17.8 Å². The fourth-order valence-electron chi connectivity index (χ4n) is 2.78. The minimum atomic E-state index is -0.403. The number of carbonyl (C=O) groups is 1. The van der Waals surface area contributed by atoms with Gasteiger partial charge in [-0.1, -0.05) is 42.5 Å². The van der Waals surface area contributed by atoms with E-state index in [4.69, 9.17) is 9.47 Å². The molecule has 4 nitrogen and oxygen atoms in total. The van der Waals surface area contributed by atoms with E-state index in [1.54, 1.807) is 13.2 Å². The highest BCUT2D eigenvalue weighted by molar-refractivity contribution is 14.1. The molecular weight excluding hydrogens is 455 g/mol. The lowest BCUT2D eigenvalue weighted by atomic mass is 10.1. The van der Waals surface area contributed by atoms with Crippen molar-refractivity contribution in [3.05, 3.63) is 75.4 Å². The molecule has 0 amide bonds. The molecule has 138 valence electrons. The number of rotatable bonds is 6. The number of benzene rings is 3. The van der Waals surface area contributed by atoms with Gasteiger partial charge >= 0.3 is 5.97 Å². The minimum Gasteiger partial charge on any atom is -0.493 e. The minimum absolute atomic E-state index is 0.403. The van der Waals surface area contributed by atoms with Crippen LogP contribution < -0.4 is 9.47 Å². The van der Waals surface area contributed by atoms with Gasteiger partial charge in [-0.25, -0.2) is 4.79 Å². The Balaban J connectivity index is 1.86. The van der Waals surface area contributed by atoms with Crippen LogP contribution in [0.2, 0.25) is 0 Å². The van der Waals surface area contributed by atoms with E-state index < -0.39 is 5.97 Å². The van der Waals surface area contributed by atoms with E-state index in [1.807, 2.05) is 30.3 Å². The van der Waals surface area contributed by atoms with Gasteiger partial charge in [0.25, 0.3) is 0 Å². The average Bonchev–Trinajstić information content (AvgIpc) is 2.70. The van der Waals surface area contributed by atoms with E-state index in [2.05, 4.69) is 51.6 Å². The first-order valence-corrected chi connectivity index (χ1v) is 9.43. The van der Waals surface area contributed by atoms with Gasteiger partial charge in [0, 0.05) is 6.08 Å². The molecule has 0 aromatic heterocycles. The molecule has 3 aromatic carbocycles. The lowest BCUT2D eigenvalue weighted by Gasteiger charge is -2.14. The molecule has 0 aliphatic heterocycles. The van der Waals surface area contributed by atoms with Crippen molar-refractivity contribution in [3.8, 4) is 11.5 Å². The summed E-state index contributed by atoms with van der Waals surface area (Å²) in [4.78, 5) is 11.3. The van der Waals surface area contributed by atoms with Gasteiger partial charge in [-0.3, -0.25) is 0 Å². The maximum Gasteiger partial charge on any atom is 0.330 e. The zero-order chi connectivity index (χ0) is 19.2. The molecule has 5 heteroatoms. The SMILES string of the molecule is COC(=O)/C=C/c1cc(I)c(OCc2cccc3ccccc23)c(OC)c1. The maximum atomic E-state index is 11.3. The van der Waals surface area contributed by atoms with Crippen molar-refractivity contribution in [2.75, 3.05) is 14.2 Å². The molecule has 0 N–H and O–H groups in total. The normalized spacial score (nSPS) is 10.9. The Morgan fingerprint density at radius 3 is 2.63 bits per heavy atom. The van der Waals surface area contributed by atoms with Crippen LogP contribution in [0.4, 0.5) is 0 Å². The largest absolute Gasteiger partial charge is 0.493 e. The zero-order valence-electron chi connectivity index (χ0n) is 15.1. The average molecular weight is 474 g/mol. The first-order valence-electron chi connectivity index (χ1n) is 8.35. The summed E-state index contributed by atoms with van der Waals surface area (Å²) >= 11 is 2.21. The Morgan fingerprint density at radius 1 is 1.07 bits per heavy atom. The van der Waals surface area contributed by atoms with Crippen molar-refractivity contribution in [2.24, 2.45) is 0 Å². The van der Waals surface area contributed by atoms with Crippen molar-refractivity contribution in [2.45, 2.75) is 6.61 Å². The summed E-state index contributed by atoms with van der Waals surface area (Å²) in [5.41, 5.74) is 1.94. The van der Waals surface area contributed by atoms with Gasteiger partial charge in [-0.15, -0.1) is 0 Å². The summed E-state index contributed by atoms with van der Waals surface area (Å²) in [6, 6.07) is 18.2. The molecule has 0 spiro atoms. The van der Waals surface area contributed by atoms with Gasteiger partial charge in [0.1, 0.15) is 6.61 Å². The number of fused-ring (bicyclic) bond motifs is 1. The van der Waals surface area contributed by atoms with Crippen LogP contribution in [0.3, 0.4) is 0 Å². The Hall–Kier alpha value is -2.54. The van der Waals surface area contributed by atoms with Crippen molar-refractivity contribution in [3.63, 3.8) is 0 Å². The second-order valence-electron chi connectivity index (χ2n) is 5.82. The van der Waals surface area contributed by atoms with E-state index in [9.17, 15) is 4.79 Å². The predicted molar refractivity (Wildman–Crippen MR) is 115 cm³/mol. The molecule has 3 rings (SSSR count). The fourth-order valence-corrected chi connectivity index (χ4v) is 3.56. The quantitative estimate of drug-likeness (QED) is 0.279. The van der Waals surface area contributed by atoms with E-state index >= 15 is 0 Å². The molecule has 27 heavy (non-hydrogen) atoms. The zero-order valence-corrected chi connectivity index (χ0v) is 17.2. The Labute approximate surface area is 171 Å². The van der Waals surface area contributed by atoms with Crippen LogP contribution in [0, 0.1) is 3.57 Å². The predicted octanol–water partition coefficient (Wildman–Crippen LogP) is 5.22. The van der Waals surface area contributed by atoms with Gasteiger partial charge in [0.2, 0.25) is 0 Å². The van der Waals surface area contributed by atoms with E-state index in [0.29, 0.717) is 18.1 Å². The summed E-state index contributed by atoms with van der Waals surface area (Å²) in [5.74, 6) is 0.896. The van der Waals surface area contributed by atoms with Gasteiger partial charge in [0.15, 0.2) is 11.5 Å². The third kappa shape index (κ3) is 4.60. The van der Waals surface area contributed by atoms with Crippen LogP contribution in [0.15, 0.2) is 60.7 Å². The summed E-state index contributed by atoms with van der Waals surface area (Å²) in [7, 11) is 2.95. The van der Waals surface area contributed by atoms with Gasteiger partial charge in [-0.05, 0) is 62.7 Å². The molecular formula is C22H19IO4. The van der Waals surface area contributed by atoms with E-state index in [0.717, 1.165) is 14.7 Å². The third-order valence-electron chi connectivity index (χ3n) is 4.12. The highest BCUT2D eigenvalue weighted by Gasteiger charge is 2.12. The van der Waals surface area contributed by atoms with Crippen LogP contribution in [0.25, 0.3) is 16.8 Å². The van der Waals surface area contributed by atoms with Crippen LogP contribution in [-0.2, 0) is 16.1 Å². The number of methoxy groups -OCH3 is 2. The number of hydrogen-bond donors (Lipinski definition) is 0. The monoisotopic (exact) mass is 474 g/mol. The number of hydrogen-bond acceptors (Lipinski definition) is 4. The molecule has 0 bridgehead atoms. The number of carbonyl (C=O) groups excluding carboxylic acids is 1. The first kappa shape index (κ1) is 19.2. The molecule has 0 saturated carbocycles. The summed E-state index contributed by atoms with van der Waals surface area (Å²) in [6.45, 7) is 0.436. The fraction of sp³-hybridized carbons (Fsp3) is 0.136. The summed E-state index contributed by atoms with van der Waals surface area (Å²) < 4.78 is 17.1. The molecule has 0 aliphatic rings. The molecule has 0 aliphatic carbocycles. The van der Waals surface area contributed by atoms with Crippen molar-refractivity contribution in [1.82, 2.24) is 0 Å². The Bertz CT molecular complexity index is 990. The highest BCUT2D eigenvalue weighted by Crippen LogP contribution is 2.35. The van der Waals surface area contributed by atoms with Crippen molar-refractivity contribution in [1.29, 1.82) is 0 Å². The van der Waals surface area contributed by atoms with E-state index in [-0.39, 0.29) is 0 Å². The third-order valence-corrected chi connectivity index (χ3v) is 4.92. The molecule has 0 unspecified atom stereocenters. The van der Waals surface area contributed by atoms with Crippen LogP contribution in [0.5, 0.6) is 11.5 Å².